The SMILES string of the molecule is O=[N+]([O-])c1cn([C@@H]2CCOC[C@H]2F)nc1OCCCO. The molecule has 0 amide bonds. The summed E-state index contributed by atoms with van der Waals surface area (Å²) in [4.78, 5) is 10.3. The molecule has 0 bridgehead atoms. The fourth-order valence-electron chi connectivity index (χ4n) is 1.99. The quantitative estimate of drug-likeness (QED) is 0.473. The standard InChI is InChI=1S/C11H16FN3O5/c12-8-7-19-5-2-9(8)14-6-10(15(17)18)11(13-14)20-4-1-3-16/h6,8-9,16H,1-5,7H2/t8-,9-/m1/s1. The largest absolute Gasteiger partial charge is 0.472 e. The zero-order valence-corrected chi connectivity index (χ0v) is 10.8. The fourth-order valence-corrected chi connectivity index (χ4v) is 1.99. The van der Waals surface area contributed by atoms with E-state index in [2.05, 4.69) is 5.10 Å². The molecule has 1 aromatic rings. The number of alkyl halides is 1. The third kappa shape index (κ3) is 3.23. The molecule has 0 saturated carbocycles. The summed E-state index contributed by atoms with van der Waals surface area (Å²) in [5.41, 5.74) is -0.304. The number of aromatic nitrogens is 2. The lowest BCUT2D eigenvalue weighted by molar-refractivity contribution is -0.386. The first-order valence-electron chi connectivity index (χ1n) is 6.32. The molecule has 0 spiro atoms. The Bertz CT molecular complexity index is 467. The van der Waals surface area contributed by atoms with Crippen LogP contribution in [0.4, 0.5) is 10.1 Å². The van der Waals surface area contributed by atoms with Crippen LogP contribution in [0.2, 0.25) is 0 Å². The molecule has 1 fully saturated rings. The number of ether oxygens (including phenoxy) is 2. The minimum Gasteiger partial charge on any atom is -0.472 e. The summed E-state index contributed by atoms with van der Waals surface area (Å²) < 4.78 is 25.1. The van der Waals surface area contributed by atoms with E-state index >= 15 is 0 Å². The predicted octanol–water partition coefficient (Wildman–Crippen LogP) is 0.852. The predicted molar refractivity (Wildman–Crippen MR) is 65.4 cm³/mol. The molecular formula is C11H16FN3O5. The van der Waals surface area contributed by atoms with Crippen LogP contribution in [-0.2, 0) is 4.74 Å². The molecule has 9 heteroatoms. The van der Waals surface area contributed by atoms with Gasteiger partial charge in [0.15, 0.2) is 0 Å². The van der Waals surface area contributed by atoms with Crippen LogP contribution in [0.5, 0.6) is 5.88 Å². The van der Waals surface area contributed by atoms with Gasteiger partial charge in [-0.2, -0.15) is 0 Å². The summed E-state index contributed by atoms with van der Waals surface area (Å²) in [6, 6.07) is -0.586. The molecule has 0 radical (unpaired) electrons. The first-order chi connectivity index (χ1) is 9.63. The van der Waals surface area contributed by atoms with Crippen molar-refractivity contribution in [1.29, 1.82) is 0 Å². The van der Waals surface area contributed by atoms with E-state index in [0.717, 1.165) is 0 Å². The highest BCUT2D eigenvalue weighted by Crippen LogP contribution is 2.30. The average molecular weight is 289 g/mol. The third-order valence-corrected chi connectivity index (χ3v) is 3.01. The van der Waals surface area contributed by atoms with E-state index in [0.29, 0.717) is 19.4 Å². The van der Waals surface area contributed by atoms with Gasteiger partial charge in [0.1, 0.15) is 12.4 Å². The van der Waals surface area contributed by atoms with Crippen LogP contribution in [-0.4, -0.2) is 52.4 Å². The molecule has 1 saturated heterocycles. The molecule has 1 N–H and O–H groups in total. The molecule has 0 aromatic carbocycles. The summed E-state index contributed by atoms with van der Waals surface area (Å²) in [6.07, 6.45) is 0.661. The van der Waals surface area contributed by atoms with Gasteiger partial charge in [-0.1, -0.05) is 0 Å². The summed E-state index contributed by atoms with van der Waals surface area (Å²) in [7, 11) is 0. The Morgan fingerprint density at radius 3 is 3.15 bits per heavy atom. The highest BCUT2D eigenvalue weighted by Gasteiger charge is 2.31. The molecule has 1 aromatic heterocycles. The van der Waals surface area contributed by atoms with Crippen LogP contribution in [0.3, 0.4) is 0 Å². The summed E-state index contributed by atoms with van der Waals surface area (Å²) in [5.74, 6) is -0.151. The van der Waals surface area contributed by atoms with Gasteiger partial charge in [-0.25, -0.2) is 4.39 Å². The van der Waals surface area contributed by atoms with Gasteiger partial charge < -0.3 is 14.6 Å². The number of nitrogens with zero attached hydrogens (tertiary/aromatic N) is 3. The molecule has 1 aliphatic heterocycles. The van der Waals surface area contributed by atoms with Crippen molar-refractivity contribution in [3.63, 3.8) is 0 Å². The molecule has 1 aliphatic rings. The average Bonchev–Trinajstić information content (AvgIpc) is 2.84. The molecule has 2 heterocycles. The van der Waals surface area contributed by atoms with Gasteiger partial charge in [-0.05, 0) is 6.42 Å². The van der Waals surface area contributed by atoms with Gasteiger partial charge in [-0.15, -0.1) is 5.10 Å². The number of halogens is 1. The molecule has 2 atom stereocenters. The minimum absolute atomic E-state index is 0.0426. The molecule has 0 aliphatic carbocycles. The van der Waals surface area contributed by atoms with Crippen molar-refractivity contribution in [2.24, 2.45) is 0 Å². The maximum Gasteiger partial charge on any atom is 0.350 e. The van der Waals surface area contributed by atoms with Crippen molar-refractivity contribution in [2.75, 3.05) is 26.4 Å². The number of aliphatic hydroxyl groups excluding tert-OH is 1. The van der Waals surface area contributed by atoms with E-state index in [1.807, 2.05) is 0 Å². The van der Waals surface area contributed by atoms with Crippen molar-refractivity contribution < 1.29 is 23.9 Å². The van der Waals surface area contributed by atoms with Crippen LogP contribution in [0.1, 0.15) is 18.9 Å². The van der Waals surface area contributed by atoms with Crippen LogP contribution in [0, 0.1) is 10.1 Å². The Labute approximate surface area is 114 Å². The van der Waals surface area contributed by atoms with E-state index in [-0.39, 0.29) is 31.4 Å². The molecular weight excluding hydrogens is 273 g/mol. The first-order valence-corrected chi connectivity index (χ1v) is 6.32. The molecule has 2 rings (SSSR count). The Morgan fingerprint density at radius 1 is 1.70 bits per heavy atom. The molecule has 20 heavy (non-hydrogen) atoms. The summed E-state index contributed by atoms with van der Waals surface area (Å²) in [5, 5.41) is 23.6. The number of hydrogen-bond donors (Lipinski definition) is 1. The monoisotopic (exact) mass is 289 g/mol. The lowest BCUT2D eigenvalue weighted by Gasteiger charge is -2.25. The lowest BCUT2D eigenvalue weighted by atomic mass is 10.1. The summed E-state index contributed by atoms with van der Waals surface area (Å²) in [6.45, 7) is 0.376. The molecule has 0 unspecified atom stereocenters. The lowest BCUT2D eigenvalue weighted by Crippen LogP contribution is -2.31. The fraction of sp³-hybridized carbons (Fsp3) is 0.727. The minimum atomic E-state index is -1.26. The van der Waals surface area contributed by atoms with Crippen molar-refractivity contribution in [3.8, 4) is 5.88 Å². The van der Waals surface area contributed by atoms with E-state index in [9.17, 15) is 14.5 Å². The van der Waals surface area contributed by atoms with Crippen molar-refractivity contribution in [3.05, 3.63) is 16.3 Å². The Balaban J connectivity index is 2.17. The zero-order valence-electron chi connectivity index (χ0n) is 10.8. The van der Waals surface area contributed by atoms with Gasteiger partial charge in [0.2, 0.25) is 0 Å². The topological polar surface area (TPSA) is 99.7 Å². The van der Waals surface area contributed by atoms with Crippen LogP contribution in [0.15, 0.2) is 6.20 Å². The molecule has 112 valence electrons. The van der Waals surface area contributed by atoms with E-state index in [1.54, 1.807) is 0 Å². The number of aliphatic hydroxyl groups is 1. The number of hydrogen-bond acceptors (Lipinski definition) is 6. The van der Waals surface area contributed by atoms with Gasteiger partial charge >= 0.3 is 11.6 Å². The van der Waals surface area contributed by atoms with Gasteiger partial charge in [0.25, 0.3) is 0 Å². The van der Waals surface area contributed by atoms with Gasteiger partial charge in [-0.3, -0.25) is 14.8 Å². The van der Waals surface area contributed by atoms with E-state index < -0.39 is 17.1 Å². The second-order valence-electron chi connectivity index (χ2n) is 4.43. The second kappa shape index (κ2) is 6.62. The third-order valence-electron chi connectivity index (χ3n) is 3.01. The highest BCUT2D eigenvalue weighted by atomic mass is 19.1. The zero-order chi connectivity index (χ0) is 14.5. The highest BCUT2D eigenvalue weighted by molar-refractivity contribution is 5.38. The van der Waals surface area contributed by atoms with Crippen LogP contribution < -0.4 is 4.74 Å². The van der Waals surface area contributed by atoms with E-state index in [1.165, 1.54) is 10.9 Å². The summed E-state index contributed by atoms with van der Waals surface area (Å²) >= 11 is 0. The smallest absolute Gasteiger partial charge is 0.350 e. The van der Waals surface area contributed by atoms with Crippen molar-refractivity contribution in [1.82, 2.24) is 9.78 Å². The van der Waals surface area contributed by atoms with Gasteiger partial charge in [0, 0.05) is 19.6 Å². The maximum atomic E-state index is 13.8. The first kappa shape index (κ1) is 14.7. The normalized spacial score (nSPS) is 22.7. The number of rotatable bonds is 6. The van der Waals surface area contributed by atoms with Crippen molar-refractivity contribution in [2.45, 2.75) is 25.1 Å². The van der Waals surface area contributed by atoms with Crippen molar-refractivity contribution >= 4 is 5.69 Å². The van der Waals surface area contributed by atoms with Crippen LogP contribution >= 0.6 is 0 Å². The Hall–Kier alpha value is -1.74. The number of nitro groups is 1. The second-order valence-corrected chi connectivity index (χ2v) is 4.43. The van der Waals surface area contributed by atoms with Gasteiger partial charge in [0.05, 0.1) is 24.2 Å². The van der Waals surface area contributed by atoms with Crippen LogP contribution in [0.25, 0.3) is 0 Å². The van der Waals surface area contributed by atoms with E-state index in [4.69, 9.17) is 14.6 Å². The maximum absolute atomic E-state index is 13.8. The Kier molecular flexibility index (Phi) is 4.85. The Morgan fingerprint density at radius 2 is 2.50 bits per heavy atom. The molecule has 8 nitrogen and oxygen atoms in total.